The van der Waals surface area contributed by atoms with Gasteiger partial charge >= 0.3 is 5.97 Å². The number of phenols is 1. The molecule has 0 spiro atoms. The summed E-state index contributed by atoms with van der Waals surface area (Å²) in [7, 11) is 0. The Morgan fingerprint density at radius 2 is 2.09 bits per heavy atom. The molecule has 1 aliphatic rings. The van der Waals surface area contributed by atoms with E-state index in [1.807, 2.05) is 19.9 Å². The number of fused-ring (bicyclic) bond motifs is 1. The molecule has 5 nitrogen and oxygen atoms in total. The van der Waals surface area contributed by atoms with E-state index in [1.54, 1.807) is 12.1 Å². The number of aromatic hydroxyl groups is 1. The highest BCUT2D eigenvalue weighted by molar-refractivity contribution is 5.85. The van der Waals surface area contributed by atoms with Crippen molar-refractivity contribution in [3.05, 3.63) is 29.3 Å². The Labute approximate surface area is 130 Å². The Morgan fingerprint density at radius 3 is 2.77 bits per heavy atom. The number of amides is 1. The van der Waals surface area contributed by atoms with E-state index >= 15 is 0 Å². The lowest BCUT2D eigenvalue weighted by Crippen LogP contribution is -2.46. The van der Waals surface area contributed by atoms with Crippen LogP contribution in [0.25, 0.3) is 0 Å². The van der Waals surface area contributed by atoms with Crippen LogP contribution in [0.15, 0.2) is 18.2 Å². The zero-order chi connectivity index (χ0) is 16.3. The Balaban J connectivity index is 2.11. The van der Waals surface area contributed by atoms with Crippen molar-refractivity contribution in [2.24, 2.45) is 0 Å². The summed E-state index contributed by atoms with van der Waals surface area (Å²) in [5.41, 5.74) is 1.18. The molecule has 1 aromatic carbocycles. The summed E-state index contributed by atoms with van der Waals surface area (Å²) < 4.78 is 0. The molecule has 0 aliphatic heterocycles. The molecule has 0 bridgehead atoms. The van der Waals surface area contributed by atoms with Gasteiger partial charge in [-0.25, -0.2) is 0 Å². The van der Waals surface area contributed by atoms with Crippen LogP contribution < -0.4 is 5.32 Å². The third-order valence-electron chi connectivity index (χ3n) is 4.22. The summed E-state index contributed by atoms with van der Waals surface area (Å²) in [6.45, 7) is 3.67. The van der Waals surface area contributed by atoms with Gasteiger partial charge in [-0.05, 0) is 56.7 Å². The maximum atomic E-state index is 12.6. The van der Waals surface area contributed by atoms with Crippen LogP contribution >= 0.6 is 0 Å². The molecule has 120 valence electrons. The Morgan fingerprint density at radius 1 is 1.36 bits per heavy atom. The molecule has 22 heavy (non-hydrogen) atoms. The first-order chi connectivity index (χ1) is 10.3. The van der Waals surface area contributed by atoms with Crippen LogP contribution in [0.3, 0.4) is 0 Å². The van der Waals surface area contributed by atoms with Crippen molar-refractivity contribution in [2.45, 2.75) is 57.4 Å². The first-order valence-electron chi connectivity index (χ1n) is 7.65. The number of nitrogens with one attached hydrogen (secondary N) is 1. The van der Waals surface area contributed by atoms with Gasteiger partial charge in [0.1, 0.15) is 5.75 Å². The lowest BCUT2D eigenvalue weighted by Gasteiger charge is -2.31. The van der Waals surface area contributed by atoms with Crippen LogP contribution in [0.5, 0.6) is 5.75 Å². The molecule has 1 amide bonds. The lowest BCUT2D eigenvalue weighted by molar-refractivity contribution is -0.138. The number of rotatable bonds is 5. The van der Waals surface area contributed by atoms with Gasteiger partial charge in [-0.3, -0.25) is 9.59 Å². The second-order valence-corrected chi connectivity index (χ2v) is 6.56. The van der Waals surface area contributed by atoms with Crippen LogP contribution in [-0.2, 0) is 16.0 Å². The molecule has 0 heterocycles. The van der Waals surface area contributed by atoms with E-state index in [9.17, 15) is 14.7 Å². The van der Waals surface area contributed by atoms with E-state index in [4.69, 9.17) is 5.11 Å². The number of aliphatic carboxylic acids is 1. The molecule has 3 N–H and O–H groups in total. The number of hydrogen-bond acceptors (Lipinski definition) is 3. The van der Waals surface area contributed by atoms with Crippen LogP contribution in [0.4, 0.5) is 0 Å². The molecule has 1 unspecified atom stereocenters. The Kier molecular flexibility index (Phi) is 4.74. The predicted octanol–water partition coefficient (Wildman–Crippen LogP) is 2.57. The summed E-state index contributed by atoms with van der Waals surface area (Å²) in [5.74, 6) is -0.989. The van der Waals surface area contributed by atoms with Crippen molar-refractivity contribution in [3.63, 3.8) is 0 Å². The van der Waals surface area contributed by atoms with Crippen molar-refractivity contribution in [2.75, 3.05) is 0 Å². The largest absolute Gasteiger partial charge is 0.508 e. The number of carboxylic acid groups (broad SMARTS) is 1. The number of benzene rings is 1. The molecule has 0 aromatic heterocycles. The minimum Gasteiger partial charge on any atom is -0.508 e. The second-order valence-electron chi connectivity index (χ2n) is 6.56. The van der Waals surface area contributed by atoms with E-state index < -0.39 is 11.5 Å². The molecular weight excluding hydrogens is 282 g/mol. The molecule has 0 fully saturated rings. The van der Waals surface area contributed by atoms with Crippen molar-refractivity contribution in [1.29, 1.82) is 0 Å². The minimum atomic E-state index is -0.866. The smallest absolute Gasteiger partial charge is 0.303 e. The third-order valence-corrected chi connectivity index (χ3v) is 4.22. The van der Waals surface area contributed by atoms with E-state index in [0.717, 1.165) is 30.4 Å². The average Bonchev–Trinajstić information content (AvgIpc) is 2.45. The van der Waals surface area contributed by atoms with Gasteiger partial charge in [-0.1, -0.05) is 12.1 Å². The molecule has 1 atom stereocenters. The highest BCUT2D eigenvalue weighted by Crippen LogP contribution is 2.36. The first kappa shape index (κ1) is 16.3. The van der Waals surface area contributed by atoms with Crippen molar-refractivity contribution >= 4 is 11.9 Å². The Bertz CT molecular complexity index is 580. The van der Waals surface area contributed by atoms with Gasteiger partial charge in [0.05, 0.1) is 5.92 Å². The van der Waals surface area contributed by atoms with E-state index in [2.05, 4.69) is 5.32 Å². The SMILES string of the molecule is CC(C)(CCC(=O)O)NC(=O)C1CCCc2c(O)cccc21. The molecule has 0 saturated carbocycles. The molecular formula is C17H23NO4. The van der Waals surface area contributed by atoms with Crippen molar-refractivity contribution < 1.29 is 19.8 Å². The third kappa shape index (κ3) is 3.78. The van der Waals surface area contributed by atoms with Gasteiger partial charge in [0.2, 0.25) is 5.91 Å². The normalized spacial score (nSPS) is 17.6. The minimum absolute atomic E-state index is 0.0231. The fraction of sp³-hybridized carbons (Fsp3) is 0.529. The standard InChI is InChI=1S/C17H23NO4/c1-17(2,10-9-15(20)21)18-16(22)13-7-3-6-12-11(13)5-4-8-14(12)19/h4-5,8,13,19H,3,6-7,9-10H2,1-2H3,(H,18,22)(H,20,21). The predicted molar refractivity (Wildman–Crippen MR) is 82.9 cm³/mol. The lowest BCUT2D eigenvalue weighted by atomic mass is 9.81. The van der Waals surface area contributed by atoms with Gasteiger partial charge < -0.3 is 15.5 Å². The van der Waals surface area contributed by atoms with E-state index in [1.165, 1.54) is 0 Å². The van der Waals surface area contributed by atoms with Gasteiger partial charge in [-0.15, -0.1) is 0 Å². The molecule has 0 radical (unpaired) electrons. The van der Waals surface area contributed by atoms with Crippen LogP contribution in [0, 0.1) is 0 Å². The van der Waals surface area contributed by atoms with Crippen molar-refractivity contribution in [3.8, 4) is 5.75 Å². The maximum Gasteiger partial charge on any atom is 0.303 e. The summed E-state index contributed by atoms with van der Waals surface area (Å²) in [6, 6.07) is 5.30. The van der Waals surface area contributed by atoms with Gasteiger partial charge in [0.25, 0.3) is 0 Å². The Hall–Kier alpha value is -2.04. The summed E-state index contributed by atoms with van der Waals surface area (Å²) in [6.07, 6.45) is 2.80. The van der Waals surface area contributed by atoms with Crippen molar-refractivity contribution in [1.82, 2.24) is 5.32 Å². The molecule has 5 heteroatoms. The number of hydrogen-bond donors (Lipinski definition) is 3. The monoisotopic (exact) mass is 305 g/mol. The molecule has 1 aromatic rings. The number of phenolic OH excluding ortho intramolecular Hbond substituents is 1. The highest BCUT2D eigenvalue weighted by Gasteiger charge is 2.31. The van der Waals surface area contributed by atoms with Crippen LogP contribution in [0.2, 0.25) is 0 Å². The van der Waals surface area contributed by atoms with Crippen LogP contribution in [-0.4, -0.2) is 27.6 Å². The maximum absolute atomic E-state index is 12.6. The van der Waals surface area contributed by atoms with E-state index in [0.29, 0.717) is 6.42 Å². The quantitative estimate of drug-likeness (QED) is 0.780. The average molecular weight is 305 g/mol. The summed E-state index contributed by atoms with van der Waals surface area (Å²) in [4.78, 5) is 23.3. The van der Waals surface area contributed by atoms with Gasteiger partial charge in [0, 0.05) is 12.0 Å². The zero-order valence-electron chi connectivity index (χ0n) is 13.1. The van der Waals surface area contributed by atoms with E-state index in [-0.39, 0.29) is 24.0 Å². The van der Waals surface area contributed by atoms with Crippen LogP contribution in [0.1, 0.15) is 56.6 Å². The molecule has 1 aliphatic carbocycles. The molecule has 0 saturated heterocycles. The highest BCUT2D eigenvalue weighted by atomic mass is 16.4. The number of carbonyl (C=O) groups is 2. The fourth-order valence-electron chi connectivity index (χ4n) is 3.00. The zero-order valence-corrected chi connectivity index (χ0v) is 13.1. The molecule has 2 rings (SSSR count). The number of carbonyl (C=O) groups excluding carboxylic acids is 1. The van der Waals surface area contributed by atoms with Gasteiger partial charge in [0.15, 0.2) is 0 Å². The van der Waals surface area contributed by atoms with Gasteiger partial charge in [-0.2, -0.15) is 0 Å². The second kappa shape index (κ2) is 6.38. The topological polar surface area (TPSA) is 86.6 Å². The summed E-state index contributed by atoms with van der Waals surface area (Å²) >= 11 is 0. The fourth-order valence-corrected chi connectivity index (χ4v) is 3.00. The summed E-state index contributed by atoms with van der Waals surface area (Å²) in [5, 5.41) is 21.7. The number of carboxylic acids is 1. The first-order valence-corrected chi connectivity index (χ1v) is 7.65.